The maximum atomic E-state index is 12.3. The van der Waals surface area contributed by atoms with Gasteiger partial charge in [-0.3, -0.25) is 20.2 Å². The molecule has 2 aromatic rings. The van der Waals surface area contributed by atoms with E-state index in [1.807, 2.05) is 0 Å². The largest absolute Gasteiger partial charge is 0.692 e. The molecule has 0 saturated heterocycles. The number of hydrogen-bond acceptors (Lipinski definition) is 6. The van der Waals surface area contributed by atoms with E-state index in [0.29, 0.717) is 10.5 Å². The first-order valence-corrected chi connectivity index (χ1v) is 6.55. The Morgan fingerprint density at radius 1 is 1.18 bits per heavy atom. The van der Waals surface area contributed by atoms with E-state index in [2.05, 4.69) is 5.10 Å². The van der Waals surface area contributed by atoms with E-state index in [9.17, 15) is 25.4 Å². The molecule has 0 amide bonds. The Hall–Kier alpha value is -3.04. The number of aromatic nitrogens is 3. The summed E-state index contributed by atoms with van der Waals surface area (Å²) in [6.45, 7) is 0. The maximum absolute atomic E-state index is 12.3. The van der Waals surface area contributed by atoms with Gasteiger partial charge >= 0.3 is 11.4 Å². The zero-order chi connectivity index (χ0) is 15.9. The van der Waals surface area contributed by atoms with Gasteiger partial charge in [0.15, 0.2) is 5.69 Å². The minimum Gasteiger partial charge on any atom is -0.692 e. The second-order valence-corrected chi connectivity index (χ2v) is 4.98. The van der Waals surface area contributed by atoms with Gasteiger partial charge in [0.2, 0.25) is 0 Å². The standard InChI is InChI=1S/C12H11N5O5/c18-15-10-7-4-8-12(16(19)20,17(21)22)11(10)13-14(15)9-5-2-1-3-6-9/h1-3,5-6H,4,7-8H2. The molecule has 0 radical (unpaired) electrons. The highest BCUT2D eigenvalue weighted by atomic mass is 16.7. The highest BCUT2D eigenvalue weighted by molar-refractivity contribution is 5.28. The van der Waals surface area contributed by atoms with Gasteiger partial charge in [-0.25, -0.2) is 0 Å². The van der Waals surface area contributed by atoms with Gasteiger partial charge < -0.3 is 5.21 Å². The van der Waals surface area contributed by atoms with Crippen molar-refractivity contribution in [3.63, 3.8) is 0 Å². The monoisotopic (exact) mass is 305 g/mol. The highest BCUT2D eigenvalue weighted by Crippen LogP contribution is 2.36. The summed E-state index contributed by atoms with van der Waals surface area (Å²) in [7, 11) is 0. The molecule has 1 aliphatic carbocycles. The maximum Gasteiger partial charge on any atom is 0.529 e. The van der Waals surface area contributed by atoms with Crippen molar-refractivity contribution in [1.82, 2.24) is 9.90 Å². The minimum absolute atomic E-state index is 0.0245. The van der Waals surface area contributed by atoms with Gasteiger partial charge in [0.25, 0.3) is 0 Å². The van der Waals surface area contributed by atoms with Gasteiger partial charge in [-0.05, 0) is 23.4 Å². The Morgan fingerprint density at radius 2 is 1.82 bits per heavy atom. The molecule has 0 unspecified atom stereocenters. The molecule has 0 spiro atoms. The molecule has 0 fully saturated rings. The normalized spacial score (nSPS) is 16.0. The number of nitrogens with zero attached hydrogens (tertiary/aromatic N) is 5. The van der Waals surface area contributed by atoms with Crippen LogP contribution < -0.4 is 4.85 Å². The van der Waals surface area contributed by atoms with E-state index >= 15 is 0 Å². The van der Waals surface area contributed by atoms with Crippen molar-refractivity contribution in [1.29, 1.82) is 0 Å². The first-order chi connectivity index (χ1) is 10.5. The van der Waals surface area contributed by atoms with E-state index in [0.717, 1.165) is 4.80 Å². The fourth-order valence-electron chi connectivity index (χ4n) is 2.69. The fraction of sp³-hybridized carbons (Fsp3) is 0.333. The lowest BCUT2D eigenvalue weighted by atomic mass is 9.90. The number of rotatable bonds is 3. The zero-order valence-corrected chi connectivity index (χ0v) is 11.3. The van der Waals surface area contributed by atoms with Crippen molar-refractivity contribution in [3.8, 4) is 5.69 Å². The second kappa shape index (κ2) is 4.76. The van der Waals surface area contributed by atoms with Gasteiger partial charge in [0.1, 0.15) is 15.5 Å². The van der Waals surface area contributed by atoms with Gasteiger partial charge in [-0.2, -0.15) is 0 Å². The first-order valence-electron chi connectivity index (χ1n) is 6.55. The third-order valence-corrected chi connectivity index (χ3v) is 3.78. The van der Waals surface area contributed by atoms with Crippen LogP contribution >= 0.6 is 0 Å². The van der Waals surface area contributed by atoms with Crippen molar-refractivity contribution in [2.45, 2.75) is 24.9 Å². The molecule has 0 saturated carbocycles. The number of nitro groups is 2. The highest BCUT2D eigenvalue weighted by Gasteiger charge is 2.67. The van der Waals surface area contributed by atoms with Crippen LogP contribution in [-0.2, 0) is 12.1 Å². The van der Waals surface area contributed by atoms with Crippen molar-refractivity contribution in [2.75, 3.05) is 0 Å². The van der Waals surface area contributed by atoms with Crippen LogP contribution in [0, 0.1) is 25.4 Å². The Kier molecular flexibility index (Phi) is 3.01. The molecule has 10 nitrogen and oxygen atoms in total. The third kappa shape index (κ3) is 1.73. The average Bonchev–Trinajstić information content (AvgIpc) is 2.85. The van der Waals surface area contributed by atoms with Crippen LogP contribution in [0.5, 0.6) is 0 Å². The lowest BCUT2D eigenvalue weighted by Crippen LogP contribution is -2.48. The van der Waals surface area contributed by atoms with Crippen LogP contribution in [0.15, 0.2) is 30.3 Å². The second-order valence-electron chi connectivity index (χ2n) is 4.98. The SMILES string of the molecule is O=[N+]([O-])C1([N+](=O)[O-])CCCc2c1nn(-c1ccccc1)[n+]2[O-]. The van der Waals surface area contributed by atoms with Crippen molar-refractivity contribution in [3.05, 3.63) is 67.2 Å². The Bertz CT molecular complexity index is 743. The van der Waals surface area contributed by atoms with Crippen LogP contribution in [0.3, 0.4) is 0 Å². The number of hydrogen-bond donors (Lipinski definition) is 0. The summed E-state index contributed by atoms with van der Waals surface area (Å²) in [6, 6.07) is 8.26. The van der Waals surface area contributed by atoms with Gasteiger partial charge in [0, 0.05) is 6.42 Å². The Labute approximate surface area is 123 Å². The molecule has 3 rings (SSSR count). The Balaban J connectivity index is 2.25. The molecular weight excluding hydrogens is 294 g/mol. The van der Waals surface area contributed by atoms with E-state index in [4.69, 9.17) is 0 Å². The van der Waals surface area contributed by atoms with Crippen molar-refractivity contribution < 1.29 is 14.7 Å². The van der Waals surface area contributed by atoms with E-state index in [-0.39, 0.29) is 30.7 Å². The van der Waals surface area contributed by atoms with E-state index in [1.54, 1.807) is 30.3 Å². The topological polar surface area (TPSA) is 131 Å². The molecule has 10 heteroatoms. The van der Waals surface area contributed by atoms with E-state index < -0.39 is 15.5 Å². The molecule has 1 aliphatic rings. The lowest BCUT2D eigenvalue weighted by Gasteiger charge is -2.17. The molecule has 0 bridgehead atoms. The molecule has 0 atom stereocenters. The van der Waals surface area contributed by atoms with Crippen LogP contribution in [-0.4, -0.2) is 19.7 Å². The third-order valence-electron chi connectivity index (χ3n) is 3.78. The summed E-state index contributed by atoms with van der Waals surface area (Å²) >= 11 is 0. The molecule has 1 aromatic heterocycles. The fourth-order valence-corrected chi connectivity index (χ4v) is 2.69. The molecule has 0 aliphatic heterocycles. The first kappa shape index (κ1) is 13.9. The van der Waals surface area contributed by atoms with Gasteiger partial charge in [0.05, 0.1) is 11.5 Å². The summed E-state index contributed by atoms with van der Waals surface area (Å²) in [6.07, 6.45) is 0.110. The van der Waals surface area contributed by atoms with Crippen LogP contribution in [0.4, 0.5) is 0 Å². The van der Waals surface area contributed by atoms with Crippen LogP contribution in [0.1, 0.15) is 24.2 Å². The minimum atomic E-state index is -2.56. The van der Waals surface area contributed by atoms with Crippen molar-refractivity contribution >= 4 is 0 Å². The Morgan fingerprint density at radius 3 is 2.41 bits per heavy atom. The molecule has 1 aromatic carbocycles. The molecular formula is C12H11N5O5. The molecule has 114 valence electrons. The van der Waals surface area contributed by atoms with Crippen LogP contribution in [0.25, 0.3) is 5.69 Å². The zero-order valence-electron chi connectivity index (χ0n) is 11.3. The van der Waals surface area contributed by atoms with Gasteiger partial charge in [-0.1, -0.05) is 18.2 Å². The van der Waals surface area contributed by atoms with Crippen molar-refractivity contribution in [2.24, 2.45) is 0 Å². The summed E-state index contributed by atoms with van der Waals surface area (Å²) in [4.78, 5) is 22.1. The number of benzene rings is 1. The molecule has 1 heterocycles. The molecule has 0 N–H and O–H groups in total. The quantitative estimate of drug-likeness (QED) is 0.267. The predicted octanol–water partition coefficient (Wildman–Crippen LogP) is 0.548. The smallest absolute Gasteiger partial charge is 0.529 e. The van der Waals surface area contributed by atoms with E-state index in [1.165, 1.54) is 0 Å². The molecule has 22 heavy (non-hydrogen) atoms. The number of para-hydroxylation sites is 1. The van der Waals surface area contributed by atoms with Gasteiger partial charge in [-0.15, -0.1) is 4.85 Å². The predicted molar refractivity (Wildman–Crippen MR) is 71.1 cm³/mol. The number of fused-ring (bicyclic) bond motifs is 1. The lowest BCUT2D eigenvalue weighted by molar-refractivity contribution is -0.814. The summed E-state index contributed by atoms with van der Waals surface area (Å²) in [5.74, 6) is 0. The summed E-state index contributed by atoms with van der Waals surface area (Å²) in [5, 5.41) is 38.9. The van der Waals surface area contributed by atoms with Crippen LogP contribution in [0.2, 0.25) is 0 Å². The summed E-state index contributed by atoms with van der Waals surface area (Å²) in [5.41, 5.74) is -2.58. The average molecular weight is 305 g/mol. The summed E-state index contributed by atoms with van der Waals surface area (Å²) < 4.78 is 0.